The number of ether oxygens (including phenoxy) is 4. The second-order valence-electron chi connectivity index (χ2n) is 7.84. The van der Waals surface area contributed by atoms with Crippen LogP contribution in [0, 0.1) is 0 Å². The quantitative estimate of drug-likeness (QED) is 0.472. The van der Waals surface area contributed by atoms with Gasteiger partial charge in [0.15, 0.2) is 17.6 Å². The third-order valence-electron chi connectivity index (χ3n) is 5.65. The summed E-state index contributed by atoms with van der Waals surface area (Å²) in [5.41, 5.74) is 1.02. The lowest BCUT2D eigenvalue weighted by molar-refractivity contribution is -0.127. The third kappa shape index (κ3) is 5.14. The van der Waals surface area contributed by atoms with Gasteiger partial charge in [-0.3, -0.25) is 9.10 Å². The summed E-state index contributed by atoms with van der Waals surface area (Å²) < 4.78 is 49.8. The van der Waals surface area contributed by atoms with Gasteiger partial charge in [0.25, 0.3) is 15.9 Å². The molecule has 0 fully saturated rings. The average Bonchev–Trinajstić information content (AvgIpc) is 2.90. The highest BCUT2D eigenvalue weighted by Gasteiger charge is 2.37. The first-order valence-electron chi connectivity index (χ1n) is 10.9. The van der Waals surface area contributed by atoms with E-state index in [0.29, 0.717) is 22.3 Å². The number of nitrogens with one attached hydrogen (secondary N) is 1. The molecule has 1 atom stereocenters. The largest absolute Gasteiger partial charge is 0.497 e. The zero-order valence-electron chi connectivity index (χ0n) is 19.9. The van der Waals surface area contributed by atoms with E-state index in [9.17, 15) is 13.2 Å². The zero-order valence-corrected chi connectivity index (χ0v) is 21.4. The van der Waals surface area contributed by atoms with Crippen LogP contribution in [0.1, 0.15) is 5.56 Å². The second-order valence-corrected chi connectivity index (χ2v) is 10.1. The molecule has 4 rings (SSSR count). The van der Waals surface area contributed by atoms with E-state index in [1.165, 1.54) is 39.5 Å². The maximum Gasteiger partial charge on any atom is 0.264 e. The molecule has 0 spiro atoms. The van der Waals surface area contributed by atoms with Gasteiger partial charge >= 0.3 is 0 Å². The molecule has 1 aliphatic rings. The van der Waals surface area contributed by atoms with Crippen molar-refractivity contribution in [3.8, 4) is 23.0 Å². The van der Waals surface area contributed by atoms with Crippen molar-refractivity contribution in [2.75, 3.05) is 32.2 Å². The van der Waals surface area contributed by atoms with Crippen LogP contribution in [0.4, 0.5) is 5.69 Å². The van der Waals surface area contributed by atoms with Crippen molar-refractivity contribution >= 4 is 33.2 Å². The first-order chi connectivity index (χ1) is 17.3. The number of amides is 1. The summed E-state index contributed by atoms with van der Waals surface area (Å²) in [6.45, 7) is -0.0583. The lowest BCUT2D eigenvalue weighted by atomic mass is 10.2. The zero-order chi connectivity index (χ0) is 25.9. The molecule has 0 saturated carbocycles. The molecule has 36 heavy (non-hydrogen) atoms. The minimum atomic E-state index is -4.04. The normalized spacial score (nSPS) is 14.9. The first kappa shape index (κ1) is 25.5. The summed E-state index contributed by atoms with van der Waals surface area (Å²) in [6.07, 6.45) is -1.09. The van der Waals surface area contributed by atoms with Crippen LogP contribution in [0.3, 0.4) is 0 Å². The second kappa shape index (κ2) is 10.5. The van der Waals surface area contributed by atoms with E-state index in [4.69, 9.17) is 30.5 Å². The molecule has 190 valence electrons. The summed E-state index contributed by atoms with van der Waals surface area (Å²) in [5, 5.41) is 3.14. The minimum absolute atomic E-state index is 0.0422. The van der Waals surface area contributed by atoms with Gasteiger partial charge in [-0.15, -0.1) is 0 Å². The fourth-order valence-electron chi connectivity index (χ4n) is 3.76. The number of methoxy groups -OCH3 is 3. The van der Waals surface area contributed by atoms with Crippen LogP contribution in [-0.4, -0.2) is 48.3 Å². The molecule has 1 amide bonds. The molecule has 9 nitrogen and oxygen atoms in total. The average molecular weight is 533 g/mol. The fraction of sp³-hybridized carbons (Fsp3) is 0.240. The summed E-state index contributed by atoms with van der Waals surface area (Å²) in [7, 11) is 0.520. The van der Waals surface area contributed by atoms with Crippen LogP contribution >= 0.6 is 11.6 Å². The Bertz CT molecular complexity index is 1360. The summed E-state index contributed by atoms with van der Waals surface area (Å²) >= 11 is 6.15. The van der Waals surface area contributed by atoms with Gasteiger partial charge in [-0.05, 0) is 60.2 Å². The number of hydrogen-bond donors (Lipinski definition) is 1. The highest BCUT2D eigenvalue weighted by atomic mass is 35.5. The van der Waals surface area contributed by atoms with E-state index >= 15 is 0 Å². The predicted octanol–water partition coefficient (Wildman–Crippen LogP) is 3.64. The molecule has 0 radical (unpaired) electrons. The van der Waals surface area contributed by atoms with Gasteiger partial charge < -0.3 is 24.3 Å². The Balaban J connectivity index is 1.58. The molecule has 1 N–H and O–H groups in total. The monoisotopic (exact) mass is 532 g/mol. The van der Waals surface area contributed by atoms with E-state index in [1.807, 2.05) is 0 Å². The van der Waals surface area contributed by atoms with E-state index in [0.717, 1.165) is 9.87 Å². The smallest absolute Gasteiger partial charge is 0.264 e. The number of nitrogens with zero attached hydrogens (tertiary/aromatic N) is 1. The molecule has 0 saturated heterocycles. The molecule has 3 aromatic rings. The highest BCUT2D eigenvalue weighted by molar-refractivity contribution is 7.92. The summed E-state index contributed by atoms with van der Waals surface area (Å²) in [6, 6.07) is 15.9. The van der Waals surface area contributed by atoms with Gasteiger partial charge in [0.2, 0.25) is 0 Å². The van der Waals surface area contributed by atoms with E-state index < -0.39 is 22.0 Å². The molecular formula is C25H25ClN2O7S. The van der Waals surface area contributed by atoms with E-state index in [-0.39, 0.29) is 29.4 Å². The molecule has 0 bridgehead atoms. The highest BCUT2D eigenvalue weighted by Crippen LogP contribution is 2.39. The van der Waals surface area contributed by atoms with Crippen LogP contribution in [-0.2, 0) is 21.4 Å². The molecule has 1 aliphatic heterocycles. The van der Waals surface area contributed by atoms with E-state index in [1.54, 1.807) is 42.5 Å². The van der Waals surface area contributed by atoms with Gasteiger partial charge in [0.1, 0.15) is 11.5 Å². The van der Waals surface area contributed by atoms with Crippen molar-refractivity contribution in [2.45, 2.75) is 17.5 Å². The van der Waals surface area contributed by atoms with Crippen molar-refractivity contribution in [2.24, 2.45) is 0 Å². The maximum absolute atomic E-state index is 13.6. The minimum Gasteiger partial charge on any atom is -0.497 e. The Morgan fingerprint density at radius 2 is 1.72 bits per heavy atom. The number of anilines is 1. The van der Waals surface area contributed by atoms with Crippen LogP contribution in [0.15, 0.2) is 65.6 Å². The Morgan fingerprint density at radius 1 is 1.00 bits per heavy atom. The molecule has 0 aromatic heterocycles. The van der Waals surface area contributed by atoms with Crippen LogP contribution in [0.2, 0.25) is 5.02 Å². The fourth-order valence-corrected chi connectivity index (χ4v) is 5.39. The number of halogens is 1. The number of carbonyl (C=O) groups excluding carboxylic acids is 1. The molecule has 3 aromatic carbocycles. The van der Waals surface area contributed by atoms with Crippen LogP contribution < -0.4 is 28.6 Å². The number of rotatable bonds is 8. The van der Waals surface area contributed by atoms with Crippen molar-refractivity contribution < 1.29 is 32.2 Å². The topological polar surface area (TPSA) is 103 Å². The van der Waals surface area contributed by atoms with Gasteiger partial charge in [0, 0.05) is 11.6 Å². The lowest BCUT2D eigenvalue weighted by Crippen LogP contribution is -2.50. The first-order valence-corrected chi connectivity index (χ1v) is 12.7. The summed E-state index contributed by atoms with van der Waals surface area (Å²) in [5.74, 6) is 1.37. The van der Waals surface area contributed by atoms with Crippen LogP contribution in [0.5, 0.6) is 23.0 Å². The SMILES string of the molecule is COc1ccc(S(=O)(=O)N2CC(C(=O)NCc3ccc(OC)c(OC)c3)Oc3ccc(Cl)cc32)cc1. The Labute approximate surface area is 214 Å². The Kier molecular flexibility index (Phi) is 7.46. The number of carbonyl (C=O) groups is 1. The molecular weight excluding hydrogens is 508 g/mol. The number of sulfonamides is 1. The van der Waals surface area contributed by atoms with Crippen molar-refractivity contribution in [3.63, 3.8) is 0 Å². The Hall–Kier alpha value is -3.63. The maximum atomic E-state index is 13.6. The number of hydrogen-bond acceptors (Lipinski definition) is 7. The van der Waals surface area contributed by atoms with Gasteiger partial charge in [0.05, 0.1) is 38.5 Å². The molecule has 1 unspecified atom stereocenters. The van der Waals surface area contributed by atoms with Gasteiger partial charge in [-0.25, -0.2) is 8.42 Å². The predicted molar refractivity (Wildman–Crippen MR) is 135 cm³/mol. The Morgan fingerprint density at radius 3 is 2.39 bits per heavy atom. The molecule has 11 heteroatoms. The molecule has 1 heterocycles. The van der Waals surface area contributed by atoms with Crippen molar-refractivity contribution in [1.29, 1.82) is 0 Å². The van der Waals surface area contributed by atoms with Crippen LogP contribution in [0.25, 0.3) is 0 Å². The van der Waals surface area contributed by atoms with Crippen molar-refractivity contribution in [1.82, 2.24) is 5.32 Å². The lowest BCUT2D eigenvalue weighted by Gasteiger charge is -2.35. The van der Waals surface area contributed by atoms with Crippen molar-refractivity contribution in [3.05, 3.63) is 71.2 Å². The number of fused-ring (bicyclic) bond motifs is 1. The van der Waals surface area contributed by atoms with Gasteiger partial charge in [-0.1, -0.05) is 17.7 Å². The van der Waals surface area contributed by atoms with Gasteiger partial charge in [-0.2, -0.15) is 0 Å². The van der Waals surface area contributed by atoms with E-state index in [2.05, 4.69) is 5.32 Å². The third-order valence-corrected chi connectivity index (χ3v) is 7.67. The molecule has 0 aliphatic carbocycles. The number of benzene rings is 3. The summed E-state index contributed by atoms with van der Waals surface area (Å²) in [4.78, 5) is 13.1. The standard InChI is InChI=1S/C25H25ClN2O7S/c1-32-18-6-8-19(9-7-18)36(30,31)28-15-24(35-21-11-5-17(26)13-20(21)28)25(29)27-14-16-4-10-22(33-2)23(12-16)34-3/h4-13,24H,14-15H2,1-3H3,(H,27,29).